The minimum absolute atomic E-state index is 0.164. The van der Waals surface area contributed by atoms with Gasteiger partial charge in [0.1, 0.15) is 11.9 Å². The van der Waals surface area contributed by atoms with Gasteiger partial charge in [0.05, 0.1) is 40.9 Å². The summed E-state index contributed by atoms with van der Waals surface area (Å²) in [4.78, 5) is 21.4. The average Bonchev–Trinajstić information content (AvgIpc) is 3.13. The first-order valence-corrected chi connectivity index (χ1v) is 9.86. The van der Waals surface area contributed by atoms with Crippen LogP contribution in [0.5, 0.6) is 0 Å². The molecule has 3 aromatic heterocycles. The molecule has 0 saturated heterocycles. The van der Waals surface area contributed by atoms with E-state index in [1.807, 2.05) is 6.07 Å². The number of fused-ring (bicyclic) bond motifs is 1. The molecule has 0 radical (unpaired) electrons. The summed E-state index contributed by atoms with van der Waals surface area (Å²) in [6.07, 6.45) is 2.99. The summed E-state index contributed by atoms with van der Waals surface area (Å²) in [6.45, 7) is 5.74. The first-order valence-electron chi connectivity index (χ1n) is 9.86. The van der Waals surface area contributed by atoms with E-state index in [0.29, 0.717) is 22.7 Å². The van der Waals surface area contributed by atoms with E-state index in [9.17, 15) is 19.4 Å². The highest BCUT2D eigenvalue weighted by Crippen LogP contribution is 2.24. The van der Waals surface area contributed by atoms with Crippen LogP contribution in [0.4, 0.5) is 10.1 Å². The number of halogens is 1. The predicted molar refractivity (Wildman–Crippen MR) is 115 cm³/mol. The van der Waals surface area contributed by atoms with E-state index >= 15 is 0 Å². The highest BCUT2D eigenvalue weighted by atomic mass is 19.1. The van der Waals surface area contributed by atoms with Gasteiger partial charge in [-0.05, 0) is 45.9 Å². The van der Waals surface area contributed by atoms with Gasteiger partial charge in [-0.25, -0.2) is 13.9 Å². The highest BCUT2D eigenvalue weighted by Gasteiger charge is 2.27. The number of pyridine rings is 1. The highest BCUT2D eigenvalue weighted by molar-refractivity contribution is 5.99. The summed E-state index contributed by atoms with van der Waals surface area (Å²) in [5.74, 6) is -0.555. The van der Waals surface area contributed by atoms with Gasteiger partial charge in [-0.15, -0.1) is 0 Å². The van der Waals surface area contributed by atoms with Crippen molar-refractivity contribution in [2.75, 3.05) is 18.4 Å². The number of aliphatic hydroxyl groups is 2. The summed E-state index contributed by atoms with van der Waals surface area (Å²) < 4.78 is 15.7. The van der Waals surface area contributed by atoms with Crippen molar-refractivity contribution in [3.05, 3.63) is 42.4 Å². The number of anilines is 1. The molecule has 0 fully saturated rings. The fraction of sp³-hybridized carbons (Fsp3) is 0.429. The first-order chi connectivity index (χ1) is 14.5. The monoisotopic (exact) mass is 430 g/mol. The zero-order chi connectivity index (χ0) is 22.8. The molecular weight excluding hydrogens is 403 g/mol. The van der Waals surface area contributed by atoms with Crippen LogP contribution in [0.25, 0.3) is 17.0 Å². The molecule has 3 rings (SSSR count). The minimum Gasteiger partial charge on any atom is -0.389 e. The molecule has 3 aromatic rings. The van der Waals surface area contributed by atoms with Gasteiger partial charge in [0, 0.05) is 18.9 Å². The Morgan fingerprint density at radius 1 is 1.23 bits per heavy atom. The van der Waals surface area contributed by atoms with Crippen molar-refractivity contribution in [1.29, 1.82) is 0 Å². The molecule has 9 nitrogen and oxygen atoms in total. The summed E-state index contributed by atoms with van der Waals surface area (Å²) in [5, 5.41) is 29.6. The van der Waals surface area contributed by atoms with Crippen molar-refractivity contribution < 1.29 is 19.4 Å². The predicted octanol–water partition coefficient (Wildman–Crippen LogP) is 1.81. The van der Waals surface area contributed by atoms with Crippen LogP contribution >= 0.6 is 0 Å². The maximum Gasteiger partial charge on any atom is 0.255 e. The second kappa shape index (κ2) is 8.56. The fourth-order valence-electron chi connectivity index (χ4n) is 2.77. The maximum absolute atomic E-state index is 14.0. The van der Waals surface area contributed by atoms with Crippen LogP contribution < -0.4 is 10.6 Å². The van der Waals surface area contributed by atoms with Crippen molar-refractivity contribution in [2.45, 2.75) is 45.1 Å². The molecule has 1 amide bonds. The van der Waals surface area contributed by atoms with E-state index in [2.05, 4.69) is 25.7 Å². The van der Waals surface area contributed by atoms with Gasteiger partial charge >= 0.3 is 0 Å². The fourth-order valence-corrected chi connectivity index (χ4v) is 2.77. The topological polar surface area (TPSA) is 125 Å². The van der Waals surface area contributed by atoms with Gasteiger partial charge in [0.2, 0.25) is 0 Å². The van der Waals surface area contributed by atoms with E-state index in [4.69, 9.17) is 0 Å². The molecule has 0 aliphatic carbocycles. The molecule has 0 aliphatic rings. The smallest absolute Gasteiger partial charge is 0.255 e. The third kappa shape index (κ3) is 5.53. The average molecular weight is 430 g/mol. The number of rotatable bonds is 8. The normalized spacial score (nSPS) is 13.3. The van der Waals surface area contributed by atoms with Crippen molar-refractivity contribution in [2.24, 2.45) is 0 Å². The number of amides is 1. The lowest BCUT2D eigenvalue weighted by Crippen LogP contribution is -2.42. The number of carbonyl (C=O) groups excluding carboxylic acids is 1. The first kappa shape index (κ1) is 22.6. The molecule has 0 aromatic carbocycles. The van der Waals surface area contributed by atoms with Gasteiger partial charge in [-0.3, -0.25) is 9.78 Å². The summed E-state index contributed by atoms with van der Waals surface area (Å²) >= 11 is 0. The molecule has 166 valence electrons. The Morgan fingerprint density at radius 3 is 2.65 bits per heavy atom. The standard InChI is InChI=1S/C21H27FN6O3/c1-20(2,30)12-26-14-8-15(16-10-24-18-6-5-7-27-28(16)18)23-9-13(14)19(29)25-11-17(22)21(3,4)31/h5-10,17,30-31H,11-12H2,1-4H3,(H,23,26)(H,25,29). The molecule has 4 N–H and O–H groups in total. The lowest BCUT2D eigenvalue weighted by Gasteiger charge is -2.23. The quantitative estimate of drug-likeness (QED) is 0.430. The van der Waals surface area contributed by atoms with Gasteiger partial charge in [-0.1, -0.05) is 0 Å². The molecule has 0 bridgehead atoms. The van der Waals surface area contributed by atoms with Crippen LogP contribution in [0.3, 0.4) is 0 Å². The Hall–Kier alpha value is -3.11. The third-order valence-electron chi connectivity index (χ3n) is 4.61. The second-order valence-electron chi connectivity index (χ2n) is 8.55. The van der Waals surface area contributed by atoms with E-state index < -0.39 is 23.3 Å². The van der Waals surface area contributed by atoms with Crippen LogP contribution in [0.1, 0.15) is 38.1 Å². The summed E-state index contributed by atoms with van der Waals surface area (Å²) in [6, 6.07) is 5.23. The second-order valence-corrected chi connectivity index (χ2v) is 8.55. The molecule has 0 spiro atoms. The van der Waals surface area contributed by atoms with Crippen LogP contribution in [-0.2, 0) is 0 Å². The SMILES string of the molecule is CC(C)(O)CNc1cc(-c2cnc3cccnn23)ncc1C(=O)NCC(F)C(C)(C)O. The van der Waals surface area contributed by atoms with E-state index in [-0.39, 0.29) is 18.7 Å². The van der Waals surface area contributed by atoms with Crippen LogP contribution in [0.15, 0.2) is 36.8 Å². The van der Waals surface area contributed by atoms with E-state index in [1.165, 1.54) is 20.0 Å². The Kier molecular flexibility index (Phi) is 6.23. The number of nitrogens with one attached hydrogen (secondary N) is 2. The van der Waals surface area contributed by atoms with Crippen molar-refractivity contribution in [3.8, 4) is 11.4 Å². The van der Waals surface area contributed by atoms with Crippen LogP contribution in [0, 0.1) is 0 Å². The summed E-state index contributed by atoms with van der Waals surface area (Å²) in [7, 11) is 0. The molecule has 1 unspecified atom stereocenters. The number of imidazole rings is 1. The van der Waals surface area contributed by atoms with E-state index in [1.54, 1.807) is 42.9 Å². The molecule has 3 heterocycles. The molecule has 1 atom stereocenters. The number of nitrogens with zero attached hydrogens (tertiary/aromatic N) is 4. The Labute approximate surface area is 179 Å². The largest absolute Gasteiger partial charge is 0.389 e. The lowest BCUT2D eigenvalue weighted by atomic mass is 10.0. The zero-order valence-corrected chi connectivity index (χ0v) is 17.9. The molecule has 31 heavy (non-hydrogen) atoms. The van der Waals surface area contributed by atoms with Gasteiger partial charge in [0.15, 0.2) is 5.65 Å². The van der Waals surface area contributed by atoms with Gasteiger partial charge in [-0.2, -0.15) is 5.10 Å². The van der Waals surface area contributed by atoms with Crippen molar-refractivity contribution in [1.82, 2.24) is 24.9 Å². The van der Waals surface area contributed by atoms with Gasteiger partial charge < -0.3 is 20.8 Å². The third-order valence-corrected chi connectivity index (χ3v) is 4.61. The van der Waals surface area contributed by atoms with Gasteiger partial charge in [0.25, 0.3) is 5.91 Å². The number of aromatic nitrogens is 4. The van der Waals surface area contributed by atoms with Crippen molar-refractivity contribution >= 4 is 17.2 Å². The Morgan fingerprint density at radius 2 is 1.97 bits per heavy atom. The Balaban J connectivity index is 1.92. The molecular formula is C21H27FN6O3. The lowest BCUT2D eigenvalue weighted by molar-refractivity contribution is -0.00178. The Bertz CT molecular complexity index is 1070. The van der Waals surface area contributed by atoms with E-state index in [0.717, 1.165) is 0 Å². The zero-order valence-electron chi connectivity index (χ0n) is 17.9. The summed E-state index contributed by atoms with van der Waals surface area (Å²) in [5.41, 5.74) is -0.235. The number of hydrogen-bond donors (Lipinski definition) is 4. The maximum atomic E-state index is 14.0. The van der Waals surface area contributed by atoms with Crippen LogP contribution in [0.2, 0.25) is 0 Å². The van der Waals surface area contributed by atoms with Crippen molar-refractivity contribution in [3.63, 3.8) is 0 Å². The number of alkyl halides is 1. The molecule has 0 saturated carbocycles. The molecule has 10 heteroatoms. The number of hydrogen-bond acceptors (Lipinski definition) is 7. The minimum atomic E-state index is -1.64. The van der Waals surface area contributed by atoms with Crippen LogP contribution in [-0.4, -0.2) is 66.2 Å². The molecule has 0 aliphatic heterocycles. The number of carbonyl (C=O) groups is 1.